The molecule has 1 amide bonds. The smallest absolute Gasteiger partial charge is 0.248 e. The normalized spacial score (nSPS) is 21.3. The molecule has 1 aromatic carbocycles. The van der Waals surface area contributed by atoms with Crippen molar-refractivity contribution < 1.29 is 9.18 Å². The van der Waals surface area contributed by atoms with Crippen LogP contribution in [0.1, 0.15) is 49.4 Å². The van der Waals surface area contributed by atoms with Gasteiger partial charge in [-0.3, -0.25) is 20.1 Å². The van der Waals surface area contributed by atoms with E-state index in [0.717, 1.165) is 43.6 Å². The standard InChI is InChI=1S/C19H24FN5O/c20-16-8-1-4-13(10-16)11-25-9-3-7-15(12-25)18(26)22-19-21-17(23-24-19)14-5-2-6-14/h1,4,8,10,14-15H,2-3,5-7,9,11-12H2,(H2,21,22,23,24,26). The van der Waals surface area contributed by atoms with Crippen molar-refractivity contribution in [2.24, 2.45) is 5.92 Å². The zero-order chi connectivity index (χ0) is 17.9. The average Bonchev–Trinajstić information content (AvgIpc) is 3.01. The van der Waals surface area contributed by atoms with Crippen molar-refractivity contribution in [3.63, 3.8) is 0 Å². The number of halogens is 1. The number of aromatic nitrogens is 3. The summed E-state index contributed by atoms with van der Waals surface area (Å²) < 4.78 is 13.4. The molecule has 1 saturated carbocycles. The number of nitrogens with one attached hydrogen (secondary N) is 2. The Labute approximate surface area is 152 Å². The third-order valence-corrected chi connectivity index (χ3v) is 5.40. The van der Waals surface area contributed by atoms with Gasteiger partial charge >= 0.3 is 0 Å². The fourth-order valence-electron chi connectivity index (χ4n) is 3.71. The molecule has 0 spiro atoms. The molecule has 2 N–H and O–H groups in total. The maximum atomic E-state index is 13.4. The Morgan fingerprint density at radius 3 is 2.96 bits per heavy atom. The molecule has 6 nitrogen and oxygen atoms in total. The van der Waals surface area contributed by atoms with E-state index in [1.807, 2.05) is 6.07 Å². The number of benzene rings is 1. The minimum Gasteiger partial charge on any atom is -0.298 e. The SMILES string of the molecule is O=C(Nc1n[nH]c(C2CCC2)n1)C1CCCN(Cc2cccc(F)c2)C1. The second-order valence-corrected chi connectivity index (χ2v) is 7.37. The highest BCUT2D eigenvalue weighted by molar-refractivity contribution is 5.91. The maximum Gasteiger partial charge on any atom is 0.248 e. The molecule has 138 valence electrons. The average molecular weight is 357 g/mol. The van der Waals surface area contributed by atoms with Gasteiger partial charge in [-0.2, -0.15) is 4.98 Å². The van der Waals surface area contributed by atoms with Crippen LogP contribution in [0.25, 0.3) is 0 Å². The van der Waals surface area contributed by atoms with Crippen LogP contribution in [-0.4, -0.2) is 39.1 Å². The predicted molar refractivity (Wildman–Crippen MR) is 96.0 cm³/mol. The lowest BCUT2D eigenvalue weighted by atomic mass is 9.85. The molecule has 7 heteroatoms. The fraction of sp³-hybridized carbons (Fsp3) is 0.526. The molecule has 1 atom stereocenters. The molecule has 1 saturated heterocycles. The minimum atomic E-state index is -0.222. The first kappa shape index (κ1) is 17.1. The molecular formula is C19H24FN5O. The quantitative estimate of drug-likeness (QED) is 0.862. The van der Waals surface area contributed by atoms with E-state index in [-0.39, 0.29) is 17.6 Å². The van der Waals surface area contributed by atoms with Gasteiger partial charge in [-0.25, -0.2) is 4.39 Å². The summed E-state index contributed by atoms with van der Waals surface area (Å²) >= 11 is 0. The van der Waals surface area contributed by atoms with Gasteiger partial charge in [-0.05, 0) is 49.9 Å². The molecule has 2 heterocycles. The topological polar surface area (TPSA) is 73.9 Å². The summed E-state index contributed by atoms with van der Waals surface area (Å²) in [6, 6.07) is 6.65. The van der Waals surface area contributed by atoms with Crippen molar-refractivity contribution in [1.82, 2.24) is 20.1 Å². The summed E-state index contributed by atoms with van der Waals surface area (Å²) in [4.78, 5) is 19.2. The molecule has 2 aliphatic rings. The number of amides is 1. The number of rotatable bonds is 5. The van der Waals surface area contributed by atoms with Crippen molar-refractivity contribution >= 4 is 11.9 Å². The van der Waals surface area contributed by atoms with Gasteiger partial charge in [0.25, 0.3) is 0 Å². The van der Waals surface area contributed by atoms with E-state index in [2.05, 4.69) is 25.4 Å². The molecular weight excluding hydrogens is 333 g/mol. The largest absolute Gasteiger partial charge is 0.298 e. The zero-order valence-corrected chi connectivity index (χ0v) is 14.7. The van der Waals surface area contributed by atoms with Gasteiger partial charge in [0.2, 0.25) is 11.9 Å². The van der Waals surface area contributed by atoms with Crippen molar-refractivity contribution in [2.75, 3.05) is 18.4 Å². The molecule has 0 bridgehead atoms. The molecule has 1 unspecified atom stereocenters. The Balaban J connectivity index is 1.33. The van der Waals surface area contributed by atoms with Crippen LogP contribution >= 0.6 is 0 Å². The van der Waals surface area contributed by atoms with Gasteiger partial charge in [0.1, 0.15) is 11.6 Å². The lowest BCUT2D eigenvalue weighted by molar-refractivity contribution is -0.121. The third-order valence-electron chi connectivity index (χ3n) is 5.40. The number of hydrogen-bond acceptors (Lipinski definition) is 4. The Bertz CT molecular complexity index is 773. The van der Waals surface area contributed by atoms with Gasteiger partial charge in [0.15, 0.2) is 0 Å². The van der Waals surface area contributed by atoms with Crippen LogP contribution in [-0.2, 0) is 11.3 Å². The summed E-state index contributed by atoms with van der Waals surface area (Å²) in [6.45, 7) is 2.25. The Morgan fingerprint density at radius 1 is 1.31 bits per heavy atom. The molecule has 0 radical (unpaired) electrons. The number of anilines is 1. The molecule has 2 fully saturated rings. The van der Waals surface area contributed by atoms with Crippen molar-refractivity contribution in [3.05, 3.63) is 41.5 Å². The van der Waals surface area contributed by atoms with Crippen LogP contribution in [0.5, 0.6) is 0 Å². The number of carbonyl (C=O) groups is 1. The first-order valence-electron chi connectivity index (χ1n) is 9.37. The maximum absolute atomic E-state index is 13.4. The van der Waals surface area contributed by atoms with Gasteiger partial charge < -0.3 is 0 Å². The third kappa shape index (κ3) is 3.93. The summed E-state index contributed by atoms with van der Waals surface area (Å²) in [6.07, 6.45) is 5.32. The number of likely N-dealkylation sites (tertiary alicyclic amines) is 1. The fourth-order valence-corrected chi connectivity index (χ4v) is 3.71. The van der Waals surface area contributed by atoms with Crippen molar-refractivity contribution in [1.29, 1.82) is 0 Å². The highest BCUT2D eigenvalue weighted by atomic mass is 19.1. The molecule has 2 aromatic rings. The van der Waals surface area contributed by atoms with Crippen LogP contribution in [0, 0.1) is 11.7 Å². The Kier molecular flexibility index (Phi) is 4.97. The number of carbonyl (C=O) groups excluding carboxylic acids is 1. The van der Waals surface area contributed by atoms with Gasteiger partial charge in [-0.1, -0.05) is 18.6 Å². The molecule has 1 aliphatic heterocycles. The number of H-pyrrole nitrogens is 1. The van der Waals surface area contributed by atoms with E-state index in [1.165, 1.54) is 12.5 Å². The number of aromatic amines is 1. The summed E-state index contributed by atoms with van der Waals surface area (Å²) in [5.74, 6) is 1.36. The summed E-state index contributed by atoms with van der Waals surface area (Å²) in [5, 5.41) is 9.92. The van der Waals surface area contributed by atoms with Crippen LogP contribution < -0.4 is 5.32 Å². The second-order valence-electron chi connectivity index (χ2n) is 7.37. The Hall–Kier alpha value is -2.28. The number of piperidine rings is 1. The highest BCUT2D eigenvalue weighted by Gasteiger charge is 2.28. The lowest BCUT2D eigenvalue weighted by Crippen LogP contribution is -2.40. The molecule has 1 aromatic heterocycles. The van der Waals surface area contributed by atoms with E-state index >= 15 is 0 Å². The van der Waals surface area contributed by atoms with Gasteiger partial charge in [0.05, 0.1) is 5.92 Å². The predicted octanol–water partition coefficient (Wildman–Crippen LogP) is 3.06. The molecule has 1 aliphatic carbocycles. The number of nitrogens with zero attached hydrogens (tertiary/aromatic N) is 3. The van der Waals surface area contributed by atoms with E-state index in [0.29, 0.717) is 25.0 Å². The first-order chi connectivity index (χ1) is 12.7. The van der Waals surface area contributed by atoms with Crippen LogP contribution in [0.3, 0.4) is 0 Å². The lowest BCUT2D eigenvalue weighted by Gasteiger charge is -2.31. The van der Waals surface area contributed by atoms with Gasteiger partial charge in [-0.15, -0.1) is 5.10 Å². The van der Waals surface area contributed by atoms with Crippen molar-refractivity contribution in [2.45, 2.75) is 44.6 Å². The van der Waals surface area contributed by atoms with Crippen LogP contribution in [0.2, 0.25) is 0 Å². The summed E-state index contributed by atoms with van der Waals surface area (Å²) in [5.41, 5.74) is 0.935. The van der Waals surface area contributed by atoms with E-state index in [9.17, 15) is 9.18 Å². The van der Waals surface area contributed by atoms with E-state index < -0.39 is 0 Å². The second kappa shape index (κ2) is 7.53. The number of hydrogen-bond donors (Lipinski definition) is 2. The molecule has 26 heavy (non-hydrogen) atoms. The van der Waals surface area contributed by atoms with Crippen LogP contribution in [0.15, 0.2) is 24.3 Å². The van der Waals surface area contributed by atoms with Crippen molar-refractivity contribution in [3.8, 4) is 0 Å². The van der Waals surface area contributed by atoms with Crippen LogP contribution in [0.4, 0.5) is 10.3 Å². The van der Waals surface area contributed by atoms with E-state index in [1.54, 1.807) is 12.1 Å². The highest BCUT2D eigenvalue weighted by Crippen LogP contribution is 2.34. The van der Waals surface area contributed by atoms with Gasteiger partial charge in [0, 0.05) is 19.0 Å². The first-order valence-corrected chi connectivity index (χ1v) is 9.37. The minimum absolute atomic E-state index is 0.0342. The zero-order valence-electron chi connectivity index (χ0n) is 14.7. The monoisotopic (exact) mass is 357 g/mol. The van der Waals surface area contributed by atoms with E-state index in [4.69, 9.17) is 0 Å². The molecule has 4 rings (SSSR count). The summed E-state index contributed by atoms with van der Waals surface area (Å²) in [7, 11) is 0. The Morgan fingerprint density at radius 2 is 2.19 bits per heavy atom.